The molecule has 0 fully saturated rings. The van der Waals surface area contributed by atoms with Crippen LogP contribution in [0.4, 0.5) is 16.2 Å². The molecule has 2 aromatic heterocycles. The zero-order valence-corrected chi connectivity index (χ0v) is 13.6. The van der Waals surface area contributed by atoms with Gasteiger partial charge in [0.1, 0.15) is 11.3 Å². The van der Waals surface area contributed by atoms with Gasteiger partial charge in [0.2, 0.25) is 5.95 Å². The summed E-state index contributed by atoms with van der Waals surface area (Å²) in [5.74, 6) is 0.651. The normalized spacial score (nSPS) is 10.9. The van der Waals surface area contributed by atoms with E-state index in [4.69, 9.17) is 5.73 Å². The molecule has 1 aromatic carbocycles. The number of benzene rings is 1. The predicted molar refractivity (Wildman–Crippen MR) is 94.3 cm³/mol. The number of aromatic nitrogens is 3. The van der Waals surface area contributed by atoms with Crippen molar-refractivity contribution in [2.45, 2.75) is 26.2 Å². The minimum atomic E-state index is -0.239. The van der Waals surface area contributed by atoms with Crippen molar-refractivity contribution < 1.29 is 4.39 Å². The van der Waals surface area contributed by atoms with Crippen LogP contribution < -0.4 is 11.1 Å². The molecule has 2 heterocycles. The maximum absolute atomic E-state index is 13.0. The molecule has 0 saturated heterocycles. The second-order valence-corrected chi connectivity index (χ2v) is 5.68. The smallest absolute Gasteiger partial charge is 0.222 e. The summed E-state index contributed by atoms with van der Waals surface area (Å²) >= 11 is 0. The number of halogens is 1. The molecule has 6 heteroatoms. The highest BCUT2D eigenvalue weighted by Crippen LogP contribution is 2.21. The highest BCUT2D eigenvalue weighted by molar-refractivity contribution is 5.86. The van der Waals surface area contributed by atoms with Gasteiger partial charge in [-0.3, -0.25) is 0 Å². The van der Waals surface area contributed by atoms with E-state index in [9.17, 15) is 4.39 Å². The molecular weight excluding hydrogens is 305 g/mol. The van der Waals surface area contributed by atoms with Crippen LogP contribution in [0.15, 0.2) is 36.4 Å². The van der Waals surface area contributed by atoms with E-state index in [0.717, 1.165) is 30.6 Å². The van der Waals surface area contributed by atoms with Crippen molar-refractivity contribution >= 4 is 22.8 Å². The lowest BCUT2D eigenvalue weighted by Gasteiger charge is -2.10. The molecule has 0 aliphatic carbocycles. The molecule has 3 N–H and O–H groups in total. The summed E-state index contributed by atoms with van der Waals surface area (Å²) in [5.41, 5.74) is 9.08. The number of fused-ring (bicyclic) bond motifs is 1. The Morgan fingerprint density at radius 1 is 1.04 bits per heavy atom. The van der Waals surface area contributed by atoms with Crippen LogP contribution in [0, 0.1) is 5.82 Å². The van der Waals surface area contributed by atoms with Crippen molar-refractivity contribution in [1.29, 1.82) is 0 Å². The second-order valence-electron chi connectivity index (χ2n) is 5.68. The van der Waals surface area contributed by atoms with Crippen molar-refractivity contribution in [3.63, 3.8) is 0 Å². The standard InChI is InChI=1S/C18H20FN5/c1-2-3-10-21-17-16-15(23-18(20)24-17)9-8-14(22-16)11-12-4-6-13(19)7-5-12/h4-9H,2-3,10-11H2,1H3,(H3,20,21,23,24). The lowest BCUT2D eigenvalue weighted by atomic mass is 10.1. The fraction of sp³-hybridized carbons (Fsp3) is 0.278. The van der Waals surface area contributed by atoms with Crippen LogP contribution in [0.2, 0.25) is 0 Å². The van der Waals surface area contributed by atoms with Crippen LogP contribution in [-0.2, 0) is 6.42 Å². The Morgan fingerprint density at radius 3 is 2.58 bits per heavy atom. The van der Waals surface area contributed by atoms with Crippen LogP contribution in [0.5, 0.6) is 0 Å². The number of unbranched alkanes of at least 4 members (excludes halogenated alkanes) is 1. The topological polar surface area (TPSA) is 76.7 Å². The molecule has 24 heavy (non-hydrogen) atoms. The third-order valence-electron chi connectivity index (χ3n) is 3.74. The van der Waals surface area contributed by atoms with Crippen molar-refractivity contribution in [3.8, 4) is 0 Å². The molecule has 3 aromatic rings. The number of rotatable bonds is 6. The first kappa shape index (κ1) is 16.1. The van der Waals surface area contributed by atoms with Crippen LogP contribution in [0.1, 0.15) is 31.0 Å². The van der Waals surface area contributed by atoms with Gasteiger partial charge in [-0.1, -0.05) is 25.5 Å². The summed E-state index contributed by atoms with van der Waals surface area (Å²) in [5, 5.41) is 3.28. The van der Waals surface area contributed by atoms with Gasteiger partial charge in [0.05, 0.1) is 5.52 Å². The highest BCUT2D eigenvalue weighted by atomic mass is 19.1. The average Bonchev–Trinajstić information content (AvgIpc) is 2.57. The second kappa shape index (κ2) is 7.21. The van der Waals surface area contributed by atoms with Crippen molar-refractivity contribution in [1.82, 2.24) is 15.0 Å². The Labute approximate surface area is 140 Å². The molecule has 3 rings (SSSR count). The Bertz CT molecular complexity index is 833. The van der Waals surface area contributed by atoms with E-state index in [1.807, 2.05) is 12.1 Å². The fourth-order valence-electron chi connectivity index (χ4n) is 2.49. The number of anilines is 2. The number of nitrogens with one attached hydrogen (secondary N) is 1. The van der Waals surface area contributed by atoms with Gasteiger partial charge >= 0.3 is 0 Å². The Hall–Kier alpha value is -2.76. The molecule has 0 spiro atoms. The zero-order valence-electron chi connectivity index (χ0n) is 13.6. The van der Waals surface area contributed by atoms with Crippen LogP contribution >= 0.6 is 0 Å². The van der Waals surface area contributed by atoms with Crippen LogP contribution in [-0.4, -0.2) is 21.5 Å². The summed E-state index contributed by atoms with van der Waals surface area (Å²) in [4.78, 5) is 13.2. The molecular formula is C18H20FN5. The molecule has 5 nitrogen and oxygen atoms in total. The lowest BCUT2D eigenvalue weighted by Crippen LogP contribution is -2.08. The average molecular weight is 325 g/mol. The molecule has 0 aliphatic heterocycles. The zero-order chi connectivity index (χ0) is 16.9. The Morgan fingerprint density at radius 2 is 1.83 bits per heavy atom. The van der Waals surface area contributed by atoms with E-state index in [2.05, 4.69) is 27.2 Å². The predicted octanol–water partition coefficient (Wildman–Crippen LogP) is 3.55. The van der Waals surface area contributed by atoms with Gasteiger partial charge in [-0.05, 0) is 36.2 Å². The monoisotopic (exact) mass is 325 g/mol. The highest BCUT2D eigenvalue weighted by Gasteiger charge is 2.09. The summed E-state index contributed by atoms with van der Waals surface area (Å²) in [6.07, 6.45) is 2.75. The molecule has 0 aliphatic rings. The van der Waals surface area contributed by atoms with Gasteiger partial charge in [0.15, 0.2) is 5.82 Å². The van der Waals surface area contributed by atoms with Gasteiger partial charge in [0.25, 0.3) is 0 Å². The van der Waals surface area contributed by atoms with Crippen LogP contribution in [0.25, 0.3) is 11.0 Å². The van der Waals surface area contributed by atoms with E-state index >= 15 is 0 Å². The first-order chi connectivity index (χ1) is 11.7. The van der Waals surface area contributed by atoms with Crippen molar-refractivity contribution in [2.75, 3.05) is 17.6 Å². The van der Waals surface area contributed by atoms with Gasteiger partial charge in [-0.25, -0.2) is 14.4 Å². The minimum Gasteiger partial charge on any atom is -0.368 e. The molecule has 0 unspecified atom stereocenters. The SMILES string of the molecule is CCCCNc1nc(N)nc2ccc(Cc3ccc(F)cc3)nc12. The Kier molecular flexibility index (Phi) is 4.84. The van der Waals surface area contributed by atoms with Crippen molar-refractivity contribution in [2.24, 2.45) is 0 Å². The summed E-state index contributed by atoms with van der Waals surface area (Å²) in [6.45, 7) is 2.94. The summed E-state index contributed by atoms with van der Waals surface area (Å²) in [6, 6.07) is 10.2. The van der Waals surface area contributed by atoms with E-state index in [1.54, 1.807) is 12.1 Å². The van der Waals surface area contributed by atoms with E-state index in [-0.39, 0.29) is 11.8 Å². The Balaban J connectivity index is 1.91. The fourth-order valence-corrected chi connectivity index (χ4v) is 2.49. The quantitative estimate of drug-likeness (QED) is 0.678. The van der Waals surface area contributed by atoms with E-state index in [0.29, 0.717) is 23.3 Å². The maximum atomic E-state index is 13.0. The van der Waals surface area contributed by atoms with Crippen LogP contribution in [0.3, 0.4) is 0 Å². The van der Waals surface area contributed by atoms with Crippen molar-refractivity contribution in [3.05, 3.63) is 53.5 Å². The number of nitrogens with two attached hydrogens (primary N) is 1. The molecule has 0 amide bonds. The first-order valence-electron chi connectivity index (χ1n) is 8.07. The lowest BCUT2D eigenvalue weighted by molar-refractivity contribution is 0.627. The van der Waals surface area contributed by atoms with Gasteiger partial charge in [-0.15, -0.1) is 0 Å². The number of nitrogen functional groups attached to an aromatic ring is 1. The maximum Gasteiger partial charge on any atom is 0.222 e. The first-order valence-corrected chi connectivity index (χ1v) is 8.07. The minimum absolute atomic E-state index is 0.231. The summed E-state index contributed by atoms with van der Waals surface area (Å²) < 4.78 is 13.0. The number of hydrogen-bond donors (Lipinski definition) is 2. The third kappa shape index (κ3) is 3.76. The van der Waals surface area contributed by atoms with Gasteiger partial charge in [-0.2, -0.15) is 4.98 Å². The molecule has 0 saturated carbocycles. The molecule has 0 radical (unpaired) electrons. The molecule has 124 valence electrons. The third-order valence-corrected chi connectivity index (χ3v) is 3.74. The molecule has 0 bridgehead atoms. The van der Waals surface area contributed by atoms with E-state index in [1.165, 1.54) is 12.1 Å². The van der Waals surface area contributed by atoms with Gasteiger partial charge in [0, 0.05) is 18.7 Å². The number of pyridine rings is 1. The number of hydrogen-bond acceptors (Lipinski definition) is 5. The number of nitrogens with zero attached hydrogens (tertiary/aromatic N) is 3. The van der Waals surface area contributed by atoms with Gasteiger partial charge < -0.3 is 11.1 Å². The van der Waals surface area contributed by atoms with E-state index < -0.39 is 0 Å². The largest absolute Gasteiger partial charge is 0.368 e. The summed E-state index contributed by atoms with van der Waals surface area (Å²) in [7, 11) is 0. The molecule has 0 atom stereocenters.